The van der Waals surface area contributed by atoms with Crippen molar-refractivity contribution in [1.29, 1.82) is 0 Å². The van der Waals surface area contributed by atoms with Crippen LogP contribution in [0.2, 0.25) is 0 Å². The number of rotatable bonds is 5. The zero-order valence-corrected chi connectivity index (χ0v) is 11.7. The molecule has 0 saturated carbocycles. The second kappa shape index (κ2) is 6.98. The molecule has 2 rings (SSSR count). The van der Waals surface area contributed by atoms with Crippen molar-refractivity contribution in [1.82, 2.24) is 10.2 Å². The van der Waals surface area contributed by atoms with Gasteiger partial charge >= 0.3 is 0 Å². The van der Waals surface area contributed by atoms with Crippen LogP contribution in [-0.4, -0.2) is 44.8 Å². The molecule has 0 amide bonds. The first-order chi connectivity index (χ1) is 9.22. The standard InChI is InChI=1S/C15H23FN2O/c1-12(11-18-7-9-19-10-8-18)15(17-2)13-5-3-4-6-14(13)16/h3-6,12,15,17H,7-11H2,1-2H3. The molecule has 1 saturated heterocycles. The van der Waals surface area contributed by atoms with Crippen LogP contribution in [0.1, 0.15) is 18.5 Å². The molecule has 1 aromatic rings. The maximum atomic E-state index is 13.9. The van der Waals surface area contributed by atoms with Crippen molar-refractivity contribution in [3.8, 4) is 0 Å². The van der Waals surface area contributed by atoms with E-state index in [4.69, 9.17) is 4.74 Å². The largest absolute Gasteiger partial charge is 0.379 e. The summed E-state index contributed by atoms with van der Waals surface area (Å²) < 4.78 is 19.2. The number of nitrogens with zero attached hydrogens (tertiary/aromatic N) is 1. The van der Waals surface area contributed by atoms with Crippen LogP contribution < -0.4 is 5.32 Å². The highest BCUT2D eigenvalue weighted by Gasteiger charge is 2.23. The van der Waals surface area contributed by atoms with Gasteiger partial charge in [-0.05, 0) is 19.0 Å². The molecular formula is C15H23FN2O. The van der Waals surface area contributed by atoms with Crippen molar-refractivity contribution < 1.29 is 9.13 Å². The number of halogens is 1. The summed E-state index contributed by atoms with van der Waals surface area (Å²) in [5.74, 6) is 0.218. The van der Waals surface area contributed by atoms with E-state index in [1.54, 1.807) is 6.07 Å². The maximum absolute atomic E-state index is 13.9. The van der Waals surface area contributed by atoms with Gasteiger partial charge in [0, 0.05) is 31.2 Å². The third-order valence-corrected chi connectivity index (χ3v) is 3.77. The SMILES string of the molecule is CNC(c1ccccc1F)C(C)CN1CCOCC1. The van der Waals surface area contributed by atoms with Crippen LogP contribution >= 0.6 is 0 Å². The summed E-state index contributed by atoms with van der Waals surface area (Å²) in [5, 5.41) is 3.25. The third kappa shape index (κ3) is 3.75. The Balaban J connectivity index is 2.02. The first kappa shape index (κ1) is 14.4. The highest BCUT2D eigenvalue weighted by molar-refractivity contribution is 5.21. The molecule has 3 nitrogen and oxygen atoms in total. The second-order valence-corrected chi connectivity index (χ2v) is 5.18. The first-order valence-electron chi connectivity index (χ1n) is 6.94. The van der Waals surface area contributed by atoms with E-state index in [-0.39, 0.29) is 11.9 Å². The Bertz CT molecular complexity index is 393. The molecule has 0 aliphatic carbocycles. The summed E-state index contributed by atoms with van der Waals surface area (Å²) in [5.41, 5.74) is 0.755. The lowest BCUT2D eigenvalue weighted by Gasteiger charge is -2.32. The summed E-state index contributed by atoms with van der Waals surface area (Å²) in [7, 11) is 1.90. The molecule has 1 aliphatic rings. The van der Waals surface area contributed by atoms with E-state index in [1.165, 1.54) is 6.07 Å². The van der Waals surface area contributed by atoms with Crippen molar-refractivity contribution >= 4 is 0 Å². The van der Waals surface area contributed by atoms with E-state index in [0.29, 0.717) is 5.92 Å². The Morgan fingerprint density at radius 2 is 2.00 bits per heavy atom. The molecule has 0 bridgehead atoms. The molecule has 19 heavy (non-hydrogen) atoms. The number of hydrogen-bond acceptors (Lipinski definition) is 3. The number of morpholine rings is 1. The number of nitrogens with one attached hydrogen (secondary N) is 1. The summed E-state index contributed by atoms with van der Waals surface area (Å²) in [6.45, 7) is 6.68. The van der Waals surface area contributed by atoms with Gasteiger partial charge in [0.1, 0.15) is 5.82 Å². The average Bonchev–Trinajstić information content (AvgIpc) is 2.43. The van der Waals surface area contributed by atoms with Crippen molar-refractivity contribution in [3.63, 3.8) is 0 Å². The van der Waals surface area contributed by atoms with Gasteiger partial charge in [-0.15, -0.1) is 0 Å². The van der Waals surface area contributed by atoms with Crippen molar-refractivity contribution in [2.45, 2.75) is 13.0 Å². The lowest BCUT2D eigenvalue weighted by atomic mass is 9.93. The zero-order valence-electron chi connectivity index (χ0n) is 11.7. The van der Waals surface area contributed by atoms with E-state index in [0.717, 1.165) is 38.4 Å². The van der Waals surface area contributed by atoms with Crippen LogP contribution in [-0.2, 0) is 4.74 Å². The summed E-state index contributed by atoms with van der Waals surface area (Å²) in [6.07, 6.45) is 0. The van der Waals surface area contributed by atoms with E-state index in [1.807, 2.05) is 19.2 Å². The number of benzene rings is 1. The number of hydrogen-bond donors (Lipinski definition) is 1. The Labute approximate surface area is 114 Å². The van der Waals surface area contributed by atoms with E-state index in [9.17, 15) is 4.39 Å². The van der Waals surface area contributed by atoms with Gasteiger partial charge < -0.3 is 10.1 Å². The lowest BCUT2D eigenvalue weighted by molar-refractivity contribution is 0.0292. The summed E-state index contributed by atoms with van der Waals surface area (Å²) >= 11 is 0. The van der Waals surface area contributed by atoms with Gasteiger partial charge in [-0.1, -0.05) is 25.1 Å². The van der Waals surface area contributed by atoms with Gasteiger partial charge in [0.15, 0.2) is 0 Å². The van der Waals surface area contributed by atoms with Gasteiger partial charge in [0.25, 0.3) is 0 Å². The van der Waals surface area contributed by atoms with Gasteiger partial charge in [-0.2, -0.15) is 0 Å². The fraction of sp³-hybridized carbons (Fsp3) is 0.600. The van der Waals surface area contributed by atoms with Crippen LogP contribution in [0.15, 0.2) is 24.3 Å². The van der Waals surface area contributed by atoms with E-state index >= 15 is 0 Å². The van der Waals surface area contributed by atoms with Crippen LogP contribution in [0, 0.1) is 11.7 Å². The highest BCUT2D eigenvalue weighted by atomic mass is 19.1. The van der Waals surface area contributed by atoms with Gasteiger partial charge in [-0.25, -0.2) is 4.39 Å². The maximum Gasteiger partial charge on any atom is 0.127 e. The first-order valence-corrected chi connectivity index (χ1v) is 6.94. The minimum atomic E-state index is -0.129. The summed E-state index contributed by atoms with van der Waals surface area (Å²) in [6, 6.07) is 7.07. The van der Waals surface area contributed by atoms with E-state index < -0.39 is 0 Å². The number of ether oxygens (including phenoxy) is 1. The smallest absolute Gasteiger partial charge is 0.127 e. The van der Waals surface area contributed by atoms with Gasteiger partial charge in [-0.3, -0.25) is 4.90 Å². The fourth-order valence-electron chi connectivity index (χ4n) is 2.77. The molecule has 0 spiro atoms. The quantitative estimate of drug-likeness (QED) is 0.883. The van der Waals surface area contributed by atoms with Gasteiger partial charge in [0.2, 0.25) is 0 Å². The van der Waals surface area contributed by atoms with Crippen molar-refractivity contribution in [3.05, 3.63) is 35.6 Å². The second-order valence-electron chi connectivity index (χ2n) is 5.18. The summed E-state index contributed by atoms with van der Waals surface area (Å²) in [4.78, 5) is 2.39. The minimum absolute atomic E-state index is 0.0454. The molecule has 2 atom stereocenters. The predicted octanol–water partition coefficient (Wildman–Crippen LogP) is 2.05. The highest BCUT2D eigenvalue weighted by Crippen LogP contribution is 2.25. The Morgan fingerprint density at radius 1 is 1.32 bits per heavy atom. The van der Waals surface area contributed by atoms with Crippen molar-refractivity contribution in [2.24, 2.45) is 5.92 Å². The fourth-order valence-corrected chi connectivity index (χ4v) is 2.77. The molecule has 1 fully saturated rings. The minimum Gasteiger partial charge on any atom is -0.379 e. The normalized spacial score (nSPS) is 20.2. The van der Waals surface area contributed by atoms with Gasteiger partial charge in [0.05, 0.1) is 13.2 Å². The topological polar surface area (TPSA) is 24.5 Å². The third-order valence-electron chi connectivity index (χ3n) is 3.77. The molecule has 106 valence electrons. The molecule has 4 heteroatoms. The molecule has 1 N–H and O–H groups in total. The van der Waals surface area contributed by atoms with E-state index in [2.05, 4.69) is 17.1 Å². The Kier molecular flexibility index (Phi) is 5.31. The molecule has 1 aliphatic heterocycles. The van der Waals surface area contributed by atoms with Crippen LogP contribution in [0.25, 0.3) is 0 Å². The molecule has 0 radical (unpaired) electrons. The monoisotopic (exact) mass is 266 g/mol. The molecule has 1 aromatic carbocycles. The van der Waals surface area contributed by atoms with Crippen LogP contribution in [0.5, 0.6) is 0 Å². The Hall–Kier alpha value is -0.970. The van der Waals surface area contributed by atoms with Crippen LogP contribution in [0.4, 0.5) is 4.39 Å². The molecule has 0 aromatic heterocycles. The lowest BCUT2D eigenvalue weighted by Crippen LogP contribution is -2.41. The van der Waals surface area contributed by atoms with Crippen LogP contribution in [0.3, 0.4) is 0 Å². The molecular weight excluding hydrogens is 243 g/mol. The molecule has 1 heterocycles. The average molecular weight is 266 g/mol. The Morgan fingerprint density at radius 3 is 2.63 bits per heavy atom. The van der Waals surface area contributed by atoms with Crippen molar-refractivity contribution in [2.75, 3.05) is 39.9 Å². The molecule has 2 unspecified atom stereocenters. The predicted molar refractivity (Wildman–Crippen MR) is 74.6 cm³/mol. The zero-order chi connectivity index (χ0) is 13.7.